The summed E-state index contributed by atoms with van der Waals surface area (Å²) >= 11 is 6.19. The molecule has 1 aliphatic heterocycles. The van der Waals surface area contributed by atoms with Gasteiger partial charge in [0.2, 0.25) is 0 Å². The number of halogens is 1. The molecule has 1 saturated heterocycles. The number of aromatic nitrogens is 5. The molecule has 4 heterocycles. The highest BCUT2D eigenvalue weighted by molar-refractivity contribution is 6.30. The van der Waals surface area contributed by atoms with Gasteiger partial charge in [0, 0.05) is 60.9 Å². The fraction of sp³-hybridized carbons (Fsp3) is 0.304. The van der Waals surface area contributed by atoms with Gasteiger partial charge >= 0.3 is 0 Å². The summed E-state index contributed by atoms with van der Waals surface area (Å²) in [7, 11) is 0. The maximum atomic E-state index is 6.19. The number of anilines is 2. The largest absolute Gasteiger partial charge is 0.368 e. The van der Waals surface area contributed by atoms with Crippen molar-refractivity contribution in [3.05, 3.63) is 65.6 Å². The second-order valence-electron chi connectivity index (χ2n) is 8.04. The van der Waals surface area contributed by atoms with Crippen molar-refractivity contribution >= 4 is 28.9 Å². The Kier molecular flexibility index (Phi) is 5.19. The topological polar surface area (TPSA) is 62.5 Å². The molecule has 158 valence electrons. The molecule has 0 saturated carbocycles. The van der Waals surface area contributed by atoms with E-state index in [1.54, 1.807) is 12.4 Å². The average molecular weight is 434 g/mol. The van der Waals surface area contributed by atoms with Crippen molar-refractivity contribution in [2.24, 2.45) is 0 Å². The minimum absolute atomic E-state index is 0.301. The Morgan fingerprint density at radius 1 is 0.935 bits per heavy atom. The van der Waals surface area contributed by atoms with Crippen LogP contribution in [-0.4, -0.2) is 50.7 Å². The maximum absolute atomic E-state index is 6.19. The minimum Gasteiger partial charge on any atom is -0.368 e. The zero-order chi connectivity index (χ0) is 21.4. The predicted octanol–water partition coefficient (Wildman–Crippen LogP) is 4.29. The molecule has 7 nitrogen and oxygen atoms in total. The van der Waals surface area contributed by atoms with Gasteiger partial charge in [0.1, 0.15) is 5.82 Å². The van der Waals surface area contributed by atoms with E-state index in [2.05, 4.69) is 40.8 Å². The van der Waals surface area contributed by atoms with Crippen LogP contribution in [0.5, 0.6) is 0 Å². The smallest absolute Gasteiger partial charge is 0.254 e. The van der Waals surface area contributed by atoms with E-state index in [0.29, 0.717) is 17.5 Å². The Labute approximate surface area is 186 Å². The molecule has 5 rings (SSSR count). The van der Waals surface area contributed by atoms with Crippen LogP contribution < -0.4 is 9.80 Å². The van der Waals surface area contributed by atoms with E-state index in [0.717, 1.165) is 54.0 Å². The van der Waals surface area contributed by atoms with Crippen LogP contribution in [0.2, 0.25) is 5.02 Å². The van der Waals surface area contributed by atoms with Crippen molar-refractivity contribution in [1.82, 2.24) is 24.6 Å². The Morgan fingerprint density at radius 2 is 1.74 bits per heavy atom. The zero-order valence-corrected chi connectivity index (χ0v) is 18.4. The van der Waals surface area contributed by atoms with Crippen LogP contribution in [-0.2, 0) is 0 Å². The Morgan fingerprint density at radius 3 is 2.45 bits per heavy atom. The first-order valence-corrected chi connectivity index (χ1v) is 10.9. The van der Waals surface area contributed by atoms with Gasteiger partial charge in [-0.2, -0.15) is 9.50 Å². The summed E-state index contributed by atoms with van der Waals surface area (Å²) in [6, 6.07) is 14.1. The molecule has 0 N–H and O–H groups in total. The first-order chi connectivity index (χ1) is 15.1. The Hall–Kier alpha value is -3.19. The number of hydrogen-bond acceptors (Lipinski definition) is 6. The fourth-order valence-electron chi connectivity index (χ4n) is 3.88. The molecule has 0 atom stereocenters. The quantitative estimate of drug-likeness (QED) is 0.478. The second-order valence-corrected chi connectivity index (χ2v) is 8.47. The molecule has 0 radical (unpaired) electrons. The lowest BCUT2D eigenvalue weighted by Crippen LogP contribution is -2.47. The van der Waals surface area contributed by atoms with Crippen LogP contribution in [0.25, 0.3) is 17.2 Å². The lowest BCUT2D eigenvalue weighted by atomic mass is 10.1. The van der Waals surface area contributed by atoms with Crippen LogP contribution in [0.15, 0.2) is 54.9 Å². The molecule has 0 spiro atoms. The summed E-state index contributed by atoms with van der Waals surface area (Å²) in [4.78, 5) is 18.4. The zero-order valence-electron chi connectivity index (χ0n) is 17.6. The Balaban J connectivity index is 1.48. The number of rotatable bonds is 4. The van der Waals surface area contributed by atoms with E-state index >= 15 is 0 Å². The monoisotopic (exact) mass is 433 g/mol. The van der Waals surface area contributed by atoms with Gasteiger partial charge in [0.25, 0.3) is 5.78 Å². The summed E-state index contributed by atoms with van der Waals surface area (Å²) < 4.78 is 1.86. The van der Waals surface area contributed by atoms with Crippen LogP contribution in [0, 0.1) is 0 Å². The highest BCUT2D eigenvalue weighted by atomic mass is 35.5. The number of benzene rings is 1. The third-order valence-corrected chi connectivity index (χ3v) is 5.84. The van der Waals surface area contributed by atoms with Gasteiger partial charge in [-0.1, -0.05) is 31.5 Å². The third-order valence-electron chi connectivity index (χ3n) is 5.60. The highest BCUT2D eigenvalue weighted by Crippen LogP contribution is 2.26. The Bertz CT molecular complexity index is 1200. The van der Waals surface area contributed by atoms with E-state index < -0.39 is 0 Å². The van der Waals surface area contributed by atoms with Crippen molar-refractivity contribution in [3.63, 3.8) is 0 Å². The fourth-order valence-corrected chi connectivity index (χ4v) is 4.06. The van der Waals surface area contributed by atoms with E-state index in [9.17, 15) is 0 Å². The molecule has 0 amide bonds. The van der Waals surface area contributed by atoms with E-state index in [4.69, 9.17) is 26.7 Å². The second kappa shape index (κ2) is 8.15. The standard InChI is InChI=1S/C23H24ClN7/c1-16(2)20-14-21(30-11-9-29(10-12-30)19-7-3-6-18(24)13-19)31-23(26-20)27-22(28-31)17-5-4-8-25-15-17/h3-8,13-16H,9-12H2,1-2H3. The van der Waals surface area contributed by atoms with E-state index in [1.165, 1.54) is 0 Å². The molecule has 3 aromatic heterocycles. The molecule has 31 heavy (non-hydrogen) atoms. The van der Waals surface area contributed by atoms with Crippen LogP contribution in [0.3, 0.4) is 0 Å². The molecular weight excluding hydrogens is 410 g/mol. The summed E-state index contributed by atoms with van der Waals surface area (Å²) in [5, 5.41) is 5.54. The van der Waals surface area contributed by atoms with Crippen molar-refractivity contribution in [2.45, 2.75) is 19.8 Å². The predicted molar refractivity (Wildman–Crippen MR) is 124 cm³/mol. The van der Waals surface area contributed by atoms with Gasteiger partial charge < -0.3 is 9.80 Å². The summed E-state index contributed by atoms with van der Waals surface area (Å²) in [6.45, 7) is 7.88. The summed E-state index contributed by atoms with van der Waals surface area (Å²) in [5.41, 5.74) is 3.07. The molecular formula is C23H24ClN7. The molecule has 0 bridgehead atoms. The molecule has 4 aromatic rings. The molecule has 0 unspecified atom stereocenters. The van der Waals surface area contributed by atoms with Crippen molar-refractivity contribution in [2.75, 3.05) is 36.0 Å². The molecule has 0 aliphatic carbocycles. The number of piperazine rings is 1. The van der Waals surface area contributed by atoms with Crippen molar-refractivity contribution in [1.29, 1.82) is 0 Å². The van der Waals surface area contributed by atoms with Gasteiger partial charge in [0.05, 0.1) is 5.69 Å². The summed E-state index contributed by atoms with van der Waals surface area (Å²) in [6.07, 6.45) is 3.53. The van der Waals surface area contributed by atoms with Gasteiger partial charge in [0.15, 0.2) is 5.82 Å². The minimum atomic E-state index is 0.301. The van der Waals surface area contributed by atoms with Crippen molar-refractivity contribution in [3.8, 4) is 11.4 Å². The van der Waals surface area contributed by atoms with Gasteiger partial charge in [-0.25, -0.2) is 4.98 Å². The van der Waals surface area contributed by atoms with Crippen LogP contribution in [0.1, 0.15) is 25.5 Å². The average Bonchev–Trinajstić information content (AvgIpc) is 3.23. The normalized spacial score (nSPS) is 14.6. The first-order valence-electron chi connectivity index (χ1n) is 10.5. The molecule has 1 aromatic carbocycles. The van der Waals surface area contributed by atoms with Crippen LogP contribution >= 0.6 is 11.6 Å². The van der Waals surface area contributed by atoms with Gasteiger partial charge in [-0.3, -0.25) is 4.98 Å². The van der Waals surface area contributed by atoms with Gasteiger partial charge in [-0.15, -0.1) is 5.10 Å². The highest BCUT2D eigenvalue weighted by Gasteiger charge is 2.22. The van der Waals surface area contributed by atoms with E-state index in [-0.39, 0.29) is 0 Å². The first kappa shape index (κ1) is 19.8. The molecule has 8 heteroatoms. The lowest BCUT2D eigenvalue weighted by molar-refractivity contribution is 0.637. The van der Waals surface area contributed by atoms with Crippen LogP contribution in [0.4, 0.5) is 11.5 Å². The van der Waals surface area contributed by atoms with Crippen molar-refractivity contribution < 1.29 is 0 Å². The lowest BCUT2D eigenvalue weighted by Gasteiger charge is -2.37. The SMILES string of the molecule is CC(C)c1cc(N2CCN(c3cccc(Cl)c3)CC2)n2nc(-c3cccnc3)nc2n1. The number of nitrogens with zero attached hydrogens (tertiary/aromatic N) is 7. The third kappa shape index (κ3) is 3.93. The maximum Gasteiger partial charge on any atom is 0.254 e. The number of hydrogen-bond donors (Lipinski definition) is 0. The van der Waals surface area contributed by atoms with Gasteiger partial charge in [-0.05, 0) is 36.2 Å². The molecule has 1 fully saturated rings. The molecule has 1 aliphatic rings. The van der Waals surface area contributed by atoms with E-state index in [1.807, 2.05) is 34.8 Å². The summed E-state index contributed by atoms with van der Waals surface area (Å²) in [5.74, 6) is 2.59. The number of pyridine rings is 1. The number of fused-ring (bicyclic) bond motifs is 1.